The minimum Gasteiger partial charge on any atom is -0.493 e. The monoisotopic (exact) mass is 349 g/mol. The minimum atomic E-state index is -0.913. The first-order valence-corrected chi connectivity index (χ1v) is 8.81. The molecule has 0 atom stereocenters. The van der Waals surface area contributed by atoms with E-state index < -0.39 is 5.97 Å². The Morgan fingerprint density at radius 1 is 1.12 bits per heavy atom. The van der Waals surface area contributed by atoms with Gasteiger partial charge >= 0.3 is 5.97 Å². The molecule has 0 spiro atoms. The summed E-state index contributed by atoms with van der Waals surface area (Å²) < 4.78 is 5.95. The molecule has 0 amide bonds. The Hall–Kier alpha value is -3.01. The van der Waals surface area contributed by atoms with Crippen LogP contribution >= 0.6 is 0 Å². The van der Waals surface area contributed by atoms with Gasteiger partial charge in [0.2, 0.25) is 0 Å². The summed E-state index contributed by atoms with van der Waals surface area (Å²) >= 11 is 0. The second kappa shape index (κ2) is 7.91. The Bertz CT molecular complexity index is 934. The number of aromatic carboxylic acids is 1. The topological polar surface area (TPSA) is 58.6 Å². The first-order valence-electron chi connectivity index (χ1n) is 8.81. The van der Waals surface area contributed by atoms with Gasteiger partial charge in [-0.2, -0.15) is 0 Å². The van der Waals surface area contributed by atoms with Gasteiger partial charge in [-0.05, 0) is 53.9 Å². The highest BCUT2D eigenvalue weighted by Gasteiger charge is 2.10. The van der Waals surface area contributed by atoms with Crippen molar-refractivity contribution in [1.29, 1.82) is 0 Å². The molecular weight excluding hydrogens is 326 g/mol. The molecule has 0 aromatic heterocycles. The van der Waals surface area contributed by atoms with Gasteiger partial charge < -0.3 is 15.2 Å². The van der Waals surface area contributed by atoms with Crippen LogP contribution in [0.1, 0.15) is 34.8 Å². The SMILES string of the molecule is CCCOc1ccc2ccccc2c1CNc1ccc(C(=O)O)cc1C. The zero-order chi connectivity index (χ0) is 18.5. The second-order valence-corrected chi connectivity index (χ2v) is 6.30. The van der Waals surface area contributed by atoms with Crippen LogP contribution in [0.15, 0.2) is 54.6 Å². The number of carboxylic acids is 1. The number of anilines is 1. The van der Waals surface area contributed by atoms with Gasteiger partial charge in [0.1, 0.15) is 5.75 Å². The lowest BCUT2D eigenvalue weighted by atomic mass is 10.0. The number of fused-ring (bicyclic) bond motifs is 1. The fraction of sp³-hybridized carbons (Fsp3) is 0.227. The average molecular weight is 349 g/mol. The summed E-state index contributed by atoms with van der Waals surface area (Å²) in [6, 6.07) is 17.5. The summed E-state index contributed by atoms with van der Waals surface area (Å²) in [5.74, 6) is -0.0261. The zero-order valence-corrected chi connectivity index (χ0v) is 15.1. The lowest BCUT2D eigenvalue weighted by Crippen LogP contribution is -2.06. The fourth-order valence-electron chi connectivity index (χ4n) is 3.02. The Morgan fingerprint density at radius 2 is 1.92 bits per heavy atom. The van der Waals surface area contributed by atoms with Gasteiger partial charge in [-0.1, -0.05) is 37.3 Å². The van der Waals surface area contributed by atoms with Gasteiger partial charge in [-0.15, -0.1) is 0 Å². The van der Waals surface area contributed by atoms with Crippen LogP contribution in [0.25, 0.3) is 10.8 Å². The standard InChI is InChI=1S/C22H23NO3/c1-3-12-26-21-11-9-16-6-4-5-7-18(16)19(21)14-23-20-10-8-17(22(24)25)13-15(20)2/h4-11,13,23H,3,12,14H2,1-2H3,(H,24,25). The maximum absolute atomic E-state index is 11.1. The van der Waals surface area contributed by atoms with Crippen LogP contribution in [0.2, 0.25) is 0 Å². The maximum atomic E-state index is 11.1. The van der Waals surface area contributed by atoms with Crippen LogP contribution in [-0.2, 0) is 6.54 Å². The summed E-state index contributed by atoms with van der Waals surface area (Å²) in [7, 11) is 0. The Balaban J connectivity index is 1.91. The van der Waals surface area contributed by atoms with E-state index in [4.69, 9.17) is 9.84 Å². The van der Waals surface area contributed by atoms with Crippen LogP contribution in [0.3, 0.4) is 0 Å². The first kappa shape index (κ1) is 17.8. The molecule has 2 N–H and O–H groups in total. The average Bonchev–Trinajstić information content (AvgIpc) is 2.65. The van der Waals surface area contributed by atoms with Crippen molar-refractivity contribution in [3.05, 3.63) is 71.3 Å². The highest BCUT2D eigenvalue weighted by atomic mass is 16.5. The highest BCUT2D eigenvalue weighted by Crippen LogP contribution is 2.29. The van der Waals surface area contributed by atoms with E-state index in [1.807, 2.05) is 31.2 Å². The van der Waals surface area contributed by atoms with E-state index in [-0.39, 0.29) is 0 Å². The molecule has 4 nitrogen and oxygen atoms in total. The number of nitrogens with one attached hydrogen (secondary N) is 1. The summed E-state index contributed by atoms with van der Waals surface area (Å²) in [4.78, 5) is 11.1. The Morgan fingerprint density at radius 3 is 2.65 bits per heavy atom. The van der Waals surface area contributed by atoms with Crippen molar-refractivity contribution < 1.29 is 14.6 Å². The Labute approximate surface area is 153 Å². The molecule has 0 heterocycles. The van der Waals surface area contributed by atoms with Crippen molar-refractivity contribution in [1.82, 2.24) is 0 Å². The van der Waals surface area contributed by atoms with Crippen molar-refractivity contribution in [2.24, 2.45) is 0 Å². The van der Waals surface area contributed by atoms with E-state index in [0.717, 1.165) is 34.4 Å². The van der Waals surface area contributed by atoms with Crippen LogP contribution in [0.4, 0.5) is 5.69 Å². The first-order chi connectivity index (χ1) is 12.6. The van der Waals surface area contributed by atoms with Crippen molar-refractivity contribution in [3.63, 3.8) is 0 Å². The molecule has 0 unspecified atom stereocenters. The van der Waals surface area contributed by atoms with Gasteiger partial charge in [0.15, 0.2) is 0 Å². The molecule has 26 heavy (non-hydrogen) atoms. The van der Waals surface area contributed by atoms with Crippen LogP contribution in [-0.4, -0.2) is 17.7 Å². The normalized spacial score (nSPS) is 10.7. The molecule has 0 aliphatic heterocycles. The number of aryl methyl sites for hydroxylation is 1. The second-order valence-electron chi connectivity index (χ2n) is 6.30. The molecule has 3 rings (SSSR count). The van der Waals surface area contributed by atoms with Crippen LogP contribution in [0.5, 0.6) is 5.75 Å². The van der Waals surface area contributed by atoms with E-state index in [1.165, 1.54) is 5.39 Å². The van der Waals surface area contributed by atoms with Crippen molar-refractivity contribution in [2.75, 3.05) is 11.9 Å². The van der Waals surface area contributed by atoms with E-state index in [9.17, 15) is 4.79 Å². The number of rotatable bonds is 7. The predicted octanol–water partition coefficient (Wildman–Crippen LogP) is 5.25. The van der Waals surface area contributed by atoms with E-state index >= 15 is 0 Å². The van der Waals surface area contributed by atoms with Gasteiger partial charge in [0.05, 0.1) is 12.2 Å². The lowest BCUT2D eigenvalue weighted by Gasteiger charge is -2.16. The molecule has 0 aliphatic carbocycles. The van der Waals surface area contributed by atoms with Crippen molar-refractivity contribution in [2.45, 2.75) is 26.8 Å². The molecule has 0 fully saturated rings. The van der Waals surface area contributed by atoms with Gasteiger partial charge in [0.25, 0.3) is 0 Å². The molecule has 4 heteroatoms. The van der Waals surface area contributed by atoms with Gasteiger partial charge in [-0.3, -0.25) is 0 Å². The molecule has 134 valence electrons. The molecule has 0 aliphatic rings. The fourth-order valence-corrected chi connectivity index (χ4v) is 3.02. The molecule has 0 saturated heterocycles. The van der Waals surface area contributed by atoms with Crippen LogP contribution in [0, 0.1) is 6.92 Å². The number of carbonyl (C=O) groups is 1. The van der Waals surface area contributed by atoms with Gasteiger partial charge in [-0.25, -0.2) is 4.79 Å². The van der Waals surface area contributed by atoms with Crippen LogP contribution < -0.4 is 10.1 Å². The number of ether oxygens (including phenoxy) is 1. The smallest absolute Gasteiger partial charge is 0.335 e. The summed E-state index contributed by atoms with van der Waals surface area (Å²) in [5, 5.41) is 14.9. The molecule has 0 radical (unpaired) electrons. The van der Waals surface area contributed by atoms with Gasteiger partial charge in [0, 0.05) is 17.8 Å². The molecule has 3 aromatic carbocycles. The highest BCUT2D eigenvalue weighted by molar-refractivity contribution is 5.89. The third kappa shape index (κ3) is 3.80. The Kier molecular flexibility index (Phi) is 5.42. The third-order valence-corrected chi connectivity index (χ3v) is 4.39. The lowest BCUT2D eigenvalue weighted by molar-refractivity contribution is 0.0697. The largest absolute Gasteiger partial charge is 0.493 e. The molecule has 0 saturated carbocycles. The minimum absolute atomic E-state index is 0.296. The number of benzene rings is 3. The number of hydrogen-bond donors (Lipinski definition) is 2. The molecular formula is C22H23NO3. The summed E-state index contributed by atoms with van der Waals surface area (Å²) in [5.41, 5.74) is 3.23. The van der Waals surface area contributed by atoms with E-state index in [0.29, 0.717) is 18.7 Å². The van der Waals surface area contributed by atoms with E-state index in [2.05, 4.69) is 30.4 Å². The zero-order valence-electron chi connectivity index (χ0n) is 15.1. The van der Waals surface area contributed by atoms with Crippen molar-refractivity contribution in [3.8, 4) is 5.75 Å². The van der Waals surface area contributed by atoms with Crippen molar-refractivity contribution >= 4 is 22.4 Å². The van der Waals surface area contributed by atoms with E-state index in [1.54, 1.807) is 12.1 Å². The summed E-state index contributed by atoms with van der Waals surface area (Å²) in [6.45, 7) is 5.28. The quantitative estimate of drug-likeness (QED) is 0.612. The molecule has 3 aromatic rings. The summed E-state index contributed by atoms with van der Waals surface area (Å²) in [6.07, 6.45) is 0.954. The third-order valence-electron chi connectivity index (χ3n) is 4.39. The predicted molar refractivity (Wildman–Crippen MR) is 105 cm³/mol. The number of carboxylic acid groups (broad SMARTS) is 1. The molecule has 0 bridgehead atoms. The number of hydrogen-bond acceptors (Lipinski definition) is 3. The maximum Gasteiger partial charge on any atom is 0.335 e.